The Kier molecular flexibility index (Phi) is 7.96. The van der Waals surface area contributed by atoms with Crippen molar-refractivity contribution in [2.24, 2.45) is 11.8 Å². The summed E-state index contributed by atoms with van der Waals surface area (Å²) in [5.74, 6) is 1.46. The molecule has 0 bridgehead atoms. The Morgan fingerprint density at radius 3 is 1.62 bits per heavy atom. The van der Waals surface area contributed by atoms with Crippen molar-refractivity contribution < 1.29 is 9.13 Å². The first-order valence-electron chi connectivity index (χ1n) is 11.9. The van der Waals surface area contributed by atoms with E-state index >= 15 is 0 Å². The van der Waals surface area contributed by atoms with Crippen molar-refractivity contribution in [1.29, 1.82) is 0 Å². The lowest BCUT2D eigenvalue weighted by Gasteiger charge is -2.35. The normalized spacial score (nSPS) is 28.2. The molecule has 0 aliphatic heterocycles. The molecule has 2 aliphatic carbocycles. The predicted octanol–water partition coefficient (Wildman–Crippen LogP) is 7.78. The fourth-order valence-corrected chi connectivity index (χ4v) is 5.66. The van der Waals surface area contributed by atoms with Gasteiger partial charge in [-0.2, -0.15) is 0 Å². The molecule has 2 aliphatic rings. The van der Waals surface area contributed by atoms with E-state index in [4.69, 9.17) is 4.74 Å². The molecule has 162 valence electrons. The van der Waals surface area contributed by atoms with Crippen LogP contribution >= 0.6 is 0 Å². The van der Waals surface area contributed by atoms with E-state index in [9.17, 15) is 4.39 Å². The molecule has 0 unspecified atom stereocenters. The van der Waals surface area contributed by atoms with Gasteiger partial charge in [0.25, 0.3) is 0 Å². The monoisotopic (exact) mass is 400 g/mol. The average Bonchev–Trinajstić information content (AvgIpc) is 2.74. The molecule has 0 atom stereocenters. The Morgan fingerprint density at radius 2 is 1.14 bits per heavy atom. The van der Waals surface area contributed by atoms with Gasteiger partial charge in [0.15, 0.2) is 0 Å². The molecule has 0 saturated heterocycles. The molecular formula is C27H41FO. The molecule has 2 fully saturated rings. The predicted molar refractivity (Wildman–Crippen MR) is 121 cm³/mol. The summed E-state index contributed by atoms with van der Waals surface area (Å²) in [7, 11) is 0. The Labute approximate surface area is 178 Å². The zero-order valence-electron chi connectivity index (χ0n) is 19.3. The third kappa shape index (κ3) is 5.51. The van der Waals surface area contributed by atoms with E-state index in [0.717, 1.165) is 25.2 Å². The number of benzene rings is 1. The van der Waals surface area contributed by atoms with Crippen LogP contribution in [0.1, 0.15) is 91.2 Å². The fourth-order valence-electron chi connectivity index (χ4n) is 5.66. The number of ether oxygens (including phenoxy) is 1. The Hall–Kier alpha value is -1.15. The Bertz CT molecular complexity index is 675. The lowest BCUT2D eigenvalue weighted by atomic mass is 9.79. The van der Waals surface area contributed by atoms with Crippen LogP contribution in [0.2, 0.25) is 0 Å². The van der Waals surface area contributed by atoms with Crippen LogP contribution in [0.3, 0.4) is 0 Å². The summed E-state index contributed by atoms with van der Waals surface area (Å²) in [5, 5.41) is 0. The standard InChI is InChI=1S/C27H41FO/c1-18-19(2)21(4)27(22(5)20(18)3)17-24-10-14-26(15-11-24)29-25-12-8-23(9-13-25)7-6-16-28/h6,16,23-26H,7-15,17H2,1-5H3/b16-6+. The van der Waals surface area contributed by atoms with Crippen molar-refractivity contribution in [2.45, 2.75) is 111 Å². The van der Waals surface area contributed by atoms with Crippen LogP contribution in [-0.4, -0.2) is 12.2 Å². The third-order valence-corrected chi connectivity index (χ3v) is 8.18. The minimum Gasteiger partial charge on any atom is -0.375 e. The molecule has 29 heavy (non-hydrogen) atoms. The zero-order valence-corrected chi connectivity index (χ0v) is 19.3. The minimum absolute atomic E-state index is 0.439. The van der Waals surface area contributed by atoms with E-state index in [1.54, 1.807) is 11.6 Å². The Balaban J connectivity index is 1.47. The second kappa shape index (κ2) is 10.2. The van der Waals surface area contributed by atoms with Crippen LogP contribution in [0.25, 0.3) is 0 Å². The summed E-state index contributed by atoms with van der Waals surface area (Å²) in [6.45, 7) is 11.5. The minimum atomic E-state index is 0.439. The van der Waals surface area contributed by atoms with Crippen LogP contribution in [0.4, 0.5) is 4.39 Å². The summed E-state index contributed by atoms with van der Waals surface area (Å²) in [6.07, 6.45) is 15.1. The van der Waals surface area contributed by atoms with Gasteiger partial charge in [0.05, 0.1) is 18.5 Å². The topological polar surface area (TPSA) is 9.23 Å². The molecule has 1 aromatic carbocycles. The second-order valence-corrected chi connectivity index (χ2v) is 9.83. The van der Waals surface area contributed by atoms with Crippen molar-refractivity contribution in [2.75, 3.05) is 0 Å². The first kappa shape index (κ1) is 22.5. The summed E-state index contributed by atoms with van der Waals surface area (Å²) in [5.41, 5.74) is 9.08. The highest BCUT2D eigenvalue weighted by Gasteiger charge is 2.28. The summed E-state index contributed by atoms with van der Waals surface area (Å²) in [6, 6.07) is 0. The van der Waals surface area contributed by atoms with E-state index in [0.29, 0.717) is 24.5 Å². The van der Waals surface area contributed by atoms with Gasteiger partial charge in [-0.3, -0.25) is 0 Å². The summed E-state index contributed by atoms with van der Waals surface area (Å²) < 4.78 is 18.7. The molecule has 0 heterocycles. The summed E-state index contributed by atoms with van der Waals surface area (Å²) >= 11 is 0. The zero-order chi connectivity index (χ0) is 21.0. The molecule has 2 heteroatoms. The summed E-state index contributed by atoms with van der Waals surface area (Å²) in [4.78, 5) is 0. The maximum absolute atomic E-state index is 12.2. The molecule has 2 saturated carbocycles. The number of allylic oxidation sites excluding steroid dienone is 1. The van der Waals surface area contributed by atoms with Crippen molar-refractivity contribution in [3.8, 4) is 0 Å². The number of hydrogen-bond acceptors (Lipinski definition) is 1. The first-order chi connectivity index (χ1) is 13.9. The van der Waals surface area contributed by atoms with E-state index < -0.39 is 0 Å². The van der Waals surface area contributed by atoms with E-state index in [1.165, 1.54) is 72.8 Å². The van der Waals surface area contributed by atoms with Gasteiger partial charge < -0.3 is 4.74 Å². The van der Waals surface area contributed by atoms with E-state index in [1.807, 2.05) is 0 Å². The molecule has 0 amide bonds. The van der Waals surface area contributed by atoms with Crippen LogP contribution < -0.4 is 0 Å². The third-order valence-electron chi connectivity index (χ3n) is 8.18. The lowest BCUT2D eigenvalue weighted by Crippen LogP contribution is -2.30. The van der Waals surface area contributed by atoms with Crippen molar-refractivity contribution in [3.05, 3.63) is 45.8 Å². The lowest BCUT2D eigenvalue weighted by molar-refractivity contribution is -0.0561. The molecule has 0 radical (unpaired) electrons. The smallest absolute Gasteiger partial charge is 0.0827 e. The van der Waals surface area contributed by atoms with Crippen LogP contribution in [0, 0.1) is 46.5 Å². The van der Waals surface area contributed by atoms with Gasteiger partial charge in [0, 0.05) is 0 Å². The fraction of sp³-hybridized carbons (Fsp3) is 0.704. The van der Waals surface area contributed by atoms with Crippen LogP contribution in [-0.2, 0) is 11.2 Å². The van der Waals surface area contributed by atoms with Gasteiger partial charge in [-0.1, -0.05) is 6.08 Å². The number of hydrogen-bond donors (Lipinski definition) is 0. The highest BCUT2D eigenvalue weighted by atomic mass is 19.1. The molecular weight excluding hydrogens is 359 g/mol. The molecule has 1 aromatic rings. The second-order valence-electron chi connectivity index (χ2n) is 9.83. The van der Waals surface area contributed by atoms with Gasteiger partial charge in [0.2, 0.25) is 0 Å². The quantitative estimate of drug-likeness (QED) is 0.474. The van der Waals surface area contributed by atoms with Crippen LogP contribution in [0.15, 0.2) is 12.4 Å². The molecule has 0 spiro atoms. The SMILES string of the molecule is Cc1c(C)c(C)c(CC2CCC(OC3CCC(C/C=C/F)CC3)CC2)c(C)c1C. The number of halogens is 1. The molecule has 3 rings (SSSR count). The van der Waals surface area contributed by atoms with Crippen molar-refractivity contribution >= 4 is 0 Å². The largest absolute Gasteiger partial charge is 0.375 e. The van der Waals surface area contributed by atoms with Gasteiger partial charge in [-0.15, -0.1) is 0 Å². The van der Waals surface area contributed by atoms with Crippen LogP contribution in [0.5, 0.6) is 0 Å². The molecule has 0 aromatic heterocycles. The van der Waals surface area contributed by atoms with Gasteiger partial charge in [-0.05, 0) is 144 Å². The van der Waals surface area contributed by atoms with Crippen molar-refractivity contribution in [3.63, 3.8) is 0 Å². The average molecular weight is 401 g/mol. The van der Waals surface area contributed by atoms with Crippen molar-refractivity contribution in [1.82, 2.24) is 0 Å². The Morgan fingerprint density at radius 1 is 0.690 bits per heavy atom. The maximum Gasteiger partial charge on any atom is 0.0827 e. The van der Waals surface area contributed by atoms with Gasteiger partial charge in [-0.25, -0.2) is 4.39 Å². The highest BCUT2D eigenvalue weighted by Crippen LogP contribution is 2.36. The molecule has 1 nitrogen and oxygen atoms in total. The first-order valence-corrected chi connectivity index (χ1v) is 11.9. The number of rotatable bonds is 6. The maximum atomic E-state index is 12.2. The van der Waals surface area contributed by atoms with E-state index in [-0.39, 0.29) is 0 Å². The van der Waals surface area contributed by atoms with E-state index in [2.05, 4.69) is 34.6 Å². The highest BCUT2D eigenvalue weighted by molar-refractivity contribution is 5.49. The van der Waals surface area contributed by atoms with Gasteiger partial charge >= 0.3 is 0 Å². The van der Waals surface area contributed by atoms with Gasteiger partial charge in [0.1, 0.15) is 0 Å². The molecule has 0 N–H and O–H groups in total.